The van der Waals surface area contributed by atoms with Crippen LogP contribution < -0.4 is 16.7 Å². The number of nitrogens with one attached hydrogen (secondary N) is 2. The number of ether oxygens (including phenoxy) is 1. The number of aliphatic hydroxyl groups excluding tert-OH is 1. The van der Waals surface area contributed by atoms with Gasteiger partial charge < -0.3 is 49.9 Å². The number of halogens is 1. The Balaban J connectivity index is 0.000000153. The minimum Gasteiger partial charge on any atom is -0.508 e. The lowest BCUT2D eigenvalue weighted by Gasteiger charge is -2.11. The van der Waals surface area contributed by atoms with Crippen molar-refractivity contribution in [3.8, 4) is 45.8 Å². The van der Waals surface area contributed by atoms with E-state index in [9.17, 15) is 49.4 Å². The van der Waals surface area contributed by atoms with Crippen LogP contribution in [0.1, 0.15) is 24.6 Å². The largest absolute Gasteiger partial charge is 0.508 e. The number of hydrogen-bond donors (Lipinski definition) is 9. The van der Waals surface area contributed by atoms with Crippen LogP contribution in [0.25, 0.3) is 33.2 Å². The lowest BCUT2D eigenvalue weighted by atomic mass is 10.1. The molecule has 1 saturated heterocycles. The number of aromatic amines is 2. The van der Waals surface area contributed by atoms with Gasteiger partial charge in [-0.1, -0.05) is 18.2 Å². The second kappa shape index (κ2) is 13.6. The van der Waals surface area contributed by atoms with Gasteiger partial charge >= 0.3 is 5.69 Å². The molecular weight excluding hydrogens is 637 g/mol. The zero-order valence-corrected chi connectivity index (χ0v) is 24.7. The van der Waals surface area contributed by atoms with Crippen molar-refractivity contribution in [2.24, 2.45) is 0 Å². The van der Waals surface area contributed by atoms with E-state index in [1.54, 1.807) is 0 Å². The highest BCUT2D eigenvalue weighted by Gasteiger charge is 2.21. The molecule has 1 aliphatic rings. The molecule has 0 radical (unpaired) electrons. The topological polar surface area (TPSA) is 252 Å². The smallest absolute Gasteiger partial charge is 0.330 e. The molecular formula is C32H28FN3O12. The fraction of sp³-hybridized carbons (Fsp3) is 0.156. The molecule has 6 aromatic rings. The van der Waals surface area contributed by atoms with Gasteiger partial charge in [0.25, 0.3) is 5.56 Å². The summed E-state index contributed by atoms with van der Waals surface area (Å²) < 4.78 is 24.4. The van der Waals surface area contributed by atoms with Crippen molar-refractivity contribution in [3.63, 3.8) is 0 Å². The molecule has 250 valence electrons. The molecule has 0 spiro atoms. The summed E-state index contributed by atoms with van der Waals surface area (Å²) in [6.45, 7) is 0.655. The predicted molar refractivity (Wildman–Crippen MR) is 168 cm³/mol. The average molecular weight is 666 g/mol. The minimum atomic E-state index is -0.996. The monoisotopic (exact) mass is 665 g/mol. The number of phenols is 5. The Morgan fingerprint density at radius 2 is 1.62 bits per heavy atom. The van der Waals surface area contributed by atoms with E-state index in [1.165, 1.54) is 0 Å². The molecule has 3 aromatic heterocycles. The van der Waals surface area contributed by atoms with Crippen molar-refractivity contribution in [3.05, 3.63) is 103 Å². The Kier molecular flexibility index (Phi) is 9.39. The molecule has 9 N–H and O–H groups in total. The lowest BCUT2D eigenvalue weighted by Crippen LogP contribution is -2.33. The van der Waals surface area contributed by atoms with Gasteiger partial charge in [-0.3, -0.25) is 19.1 Å². The van der Waals surface area contributed by atoms with Crippen LogP contribution in [0.5, 0.6) is 34.5 Å². The van der Waals surface area contributed by atoms with Crippen LogP contribution in [0.2, 0.25) is 0 Å². The van der Waals surface area contributed by atoms with Gasteiger partial charge in [0, 0.05) is 47.0 Å². The molecule has 1 unspecified atom stereocenters. The highest BCUT2D eigenvalue weighted by Crippen LogP contribution is 2.42. The van der Waals surface area contributed by atoms with E-state index in [0.717, 1.165) is 57.9 Å². The number of aromatic nitrogens is 3. The van der Waals surface area contributed by atoms with E-state index in [2.05, 4.69) is 4.98 Å². The number of benzene rings is 3. The summed E-state index contributed by atoms with van der Waals surface area (Å²) in [6, 6.07) is 11.8. The van der Waals surface area contributed by atoms with E-state index in [0.29, 0.717) is 13.0 Å². The van der Waals surface area contributed by atoms with E-state index in [-0.39, 0.29) is 28.9 Å². The number of hydrogen-bond acceptors (Lipinski definition) is 12. The van der Waals surface area contributed by atoms with Gasteiger partial charge in [0.2, 0.25) is 17.0 Å². The number of rotatable bonds is 3. The second-order valence-electron chi connectivity index (χ2n) is 10.4. The molecule has 16 heteroatoms. The molecule has 0 amide bonds. The average Bonchev–Trinajstić information content (AvgIpc) is 3.74. The first-order valence-corrected chi connectivity index (χ1v) is 14.1. The van der Waals surface area contributed by atoms with Crippen molar-refractivity contribution in [1.82, 2.24) is 14.5 Å². The van der Waals surface area contributed by atoms with Gasteiger partial charge in [-0.2, -0.15) is 4.39 Å². The van der Waals surface area contributed by atoms with Crippen LogP contribution in [0.15, 0.2) is 79.7 Å². The van der Waals surface area contributed by atoms with E-state index in [1.807, 2.05) is 35.4 Å². The van der Waals surface area contributed by atoms with Crippen molar-refractivity contribution in [2.75, 3.05) is 6.61 Å². The standard InChI is InChI=1S/C15H10O8.C9H9NO.C8H9FN2O3/c16-6-3-7(17)11-10(4-6)23-15(14(22)13(11)21)5-1-8(18)12(20)9(19)2-5;11-6-7-5-10-9-4-2-1-3-8(7)9;9-5-4-11(6-2-1-3-14-6)8(13)10-7(5)12/h1-4,16-20,22H;1-5,10-11H,6H2;4,6H,1-3H2,(H,10,12,13). The first kappa shape index (κ1) is 33.1. The SMILES string of the molecule is O=c1[nH]c(=O)n(C2CCCO2)cc1F.O=c1c(O)c(-c2cc(O)c(O)c(O)c2)oc2cc(O)cc(O)c12.OCc1c[nH]c2ccccc12. The van der Waals surface area contributed by atoms with Crippen LogP contribution in [0.3, 0.4) is 0 Å². The maximum absolute atomic E-state index is 12.9. The molecule has 48 heavy (non-hydrogen) atoms. The molecule has 15 nitrogen and oxygen atoms in total. The molecule has 1 atom stereocenters. The van der Waals surface area contributed by atoms with E-state index < -0.39 is 63.2 Å². The Labute approximate surface area is 267 Å². The molecule has 0 aliphatic carbocycles. The molecule has 3 aromatic carbocycles. The molecule has 1 aliphatic heterocycles. The molecule has 4 heterocycles. The number of fused-ring (bicyclic) bond motifs is 2. The third kappa shape index (κ3) is 6.64. The third-order valence-corrected chi connectivity index (χ3v) is 7.25. The Morgan fingerprint density at radius 1 is 0.917 bits per heavy atom. The van der Waals surface area contributed by atoms with Crippen LogP contribution in [-0.4, -0.2) is 56.9 Å². The summed E-state index contributed by atoms with van der Waals surface area (Å²) >= 11 is 0. The van der Waals surface area contributed by atoms with Crippen molar-refractivity contribution >= 4 is 21.9 Å². The van der Waals surface area contributed by atoms with Gasteiger partial charge in [0.05, 0.1) is 12.8 Å². The quantitative estimate of drug-likeness (QED) is 0.123. The Bertz CT molecular complexity index is 2280. The fourth-order valence-electron chi connectivity index (χ4n) is 4.92. The number of para-hydroxylation sites is 1. The summed E-state index contributed by atoms with van der Waals surface area (Å²) in [6.07, 6.45) is 3.76. The van der Waals surface area contributed by atoms with Crippen LogP contribution in [0.4, 0.5) is 4.39 Å². The first-order chi connectivity index (χ1) is 22.9. The molecule has 7 rings (SSSR count). The summed E-state index contributed by atoms with van der Waals surface area (Å²) in [7, 11) is 0. The zero-order chi connectivity index (χ0) is 34.7. The third-order valence-electron chi connectivity index (χ3n) is 7.25. The van der Waals surface area contributed by atoms with Gasteiger partial charge in [-0.15, -0.1) is 0 Å². The highest BCUT2D eigenvalue weighted by molar-refractivity contribution is 5.88. The van der Waals surface area contributed by atoms with E-state index in [4.69, 9.17) is 14.3 Å². The van der Waals surface area contributed by atoms with Crippen molar-refractivity contribution < 1.29 is 49.3 Å². The summed E-state index contributed by atoms with van der Waals surface area (Å²) in [5.74, 6) is -5.37. The molecule has 0 bridgehead atoms. The minimum absolute atomic E-state index is 0.0999. The fourth-order valence-corrected chi connectivity index (χ4v) is 4.92. The number of aromatic hydroxyl groups is 6. The highest BCUT2D eigenvalue weighted by atomic mass is 19.1. The second-order valence-corrected chi connectivity index (χ2v) is 10.4. The number of H-pyrrole nitrogens is 2. The predicted octanol–water partition coefficient (Wildman–Crippen LogP) is 3.34. The molecule has 1 fully saturated rings. The lowest BCUT2D eigenvalue weighted by molar-refractivity contribution is 0.0517. The summed E-state index contributed by atoms with van der Waals surface area (Å²) in [5, 5.41) is 67.2. The number of phenolic OH excluding ortho intramolecular Hbond substituents is 5. The summed E-state index contributed by atoms with van der Waals surface area (Å²) in [5.41, 5.74) is -0.875. The van der Waals surface area contributed by atoms with Crippen LogP contribution in [-0.2, 0) is 11.3 Å². The van der Waals surface area contributed by atoms with E-state index >= 15 is 0 Å². The van der Waals surface area contributed by atoms with Crippen molar-refractivity contribution in [2.45, 2.75) is 25.7 Å². The molecule has 0 saturated carbocycles. The maximum Gasteiger partial charge on any atom is 0.330 e. The zero-order valence-electron chi connectivity index (χ0n) is 24.7. The van der Waals surface area contributed by atoms with Crippen LogP contribution in [0, 0.1) is 5.82 Å². The van der Waals surface area contributed by atoms with Crippen LogP contribution >= 0.6 is 0 Å². The van der Waals surface area contributed by atoms with Gasteiger partial charge in [-0.05, 0) is 31.0 Å². The van der Waals surface area contributed by atoms with Gasteiger partial charge in [0.15, 0.2) is 23.0 Å². The van der Waals surface area contributed by atoms with Gasteiger partial charge in [-0.25, -0.2) is 4.79 Å². The summed E-state index contributed by atoms with van der Waals surface area (Å²) in [4.78, 5) is 39.1. The van der Waals surface area contributed by atoms with Crippen molar-refractivity contribution in [1.29, 1.82) is 0 Å². The first-order valence-electron chi connectivity index (χ1n) is 14.1. The maximum atomic E-state index is 12.9. The van der Waals surface area contributed by atoms with Gasteiger partial charge in [0.1, 0.15) is 28.7 Å². The Morgan fingerprint density at radius 3 is 2.29 bits per heavy atom. The number of aliphatic hydroxyl groups is 1. The number of nitrogens with zero attached hydrogens (tertiary/aromatic N) is 1. The Hall–Kier alpha value is -6.26. The normalized spacial score (nSPS) is 13.9.